The van der Waals surface area contributed by atoms with Gasteiger partial charge in [-0.05, 0) is 43.5 Å². The molecule has 0 saturated heterocycles. The molecule has 0 unspecified atom stereocenters. The van der Waals surface area contributed by atoms with Gasteiger partial charge in [-0.25, -0.2) is 13.1 Å². The SMILES string of the molecule is CCOCCCNS(=O)(=O)c1ccc(OC)cc1CCO. The van der Waals surface area contributed by atoms with Crippen LogP contribution in [0.4, 0.5) is 0 Å². The van der Waals surface area contributed by atoms with Gasteiger partial charge in [-0.3, -0.25) is 0 Å². The van der Waals surface area contributed by atoms with E-state index < -0.39 is 10.0 Å². The van der Waals surface area contributed by atoms with Crippen molar-refractivity contribution in [3.63, 3.8) is 0 Å². The predicted molar refractivity (Wildman–Crippen MR) is 80.1 cm³/mol. The Labute approximate surface area is 126 Å². The molecule has 1 aromatic rings. The second kappa shape index (κ2) is 8.99. The highest BCUT2D eigenvalue weighted by Crippen LogP contribution is 2.22. The molecule has 0 aliphatic heterocycles. The number of hydrogen-bond acceptors (Lipinski definition) is 5. The lowest BCUT2D eigenvalue weighted by Crippen LogP contribution is -2.26. The summed E-state index contributed by atoms with van der Waals surface area (Å²) in [5.41, 5.74) is 0.536. The van der Waals surface area contributed by atoms with E-state index in [9.17, 15) is 8.42 Å². The van der Waals surface area contributed by atoms with Crippen LogP contribution in [0.1, 0.15) is 18.9 Å². The highest BCUT2D eigenvalue weighted by Gasteiger charge is 2.18. The average Bonchev–Trinajstić information content (AvgIpc) is 2.47. The fraction of sp³-hybridized carbons (Fsp3) is 0.571. The predicted octanol–water partition coefficient (Wildman–Crippen LogP) is 0.935. The maximum absolute atomic E-state index is 12.3. The van der Waals surface area contributed by atoms with E-state index in [-0.39, 0.29) is 17.9 Å². The first kappa shape index (κ1) is 17.9. The molecule has 2 N–H and O–H groups in total. The minimum absolute atomic E-state index is 0.125. The van der Waals surface area contributed by atoms with Crippen LogP contribution >= 0.6 is 0 Å². The second-order valence-electron chi connectivity index (χ2n) is 4.40. The van der Waals surface area contributed by atoms with Gasteiger partial charge in [0.15, 0.2) is 0 Å². The zero-order valence-corrected chi connectivity index (χ0v) is 13.3. The highest BCUT2D eigenvalue weighted by molar-refractivity contribution is 7.89. The Morgan fingerprint density at radius 2 is 2.10 bits per heavy atom. The molecule has 0 amide bonds. The quantitative estimate of drug-likeness (QED) is 0.627. The van der Waals surface area contributed by atoms with Crippen LogP contribution < -0.4 is 9.46 Å². The van der Waals surface area contributed by atoms with E-state index in [1.807, 2.05) is 6.92 Å². The van der Waals surface area contributed by atoms with Crippen molar-refractivity contribution in [3.8, 4) is 5.75 Å². The van der Waals surface area contributed by atoms with Gasteiger partial charge in [-0.2, -0.15) is 0 Å². The van der Waals surface area contributed by atoms with Crippen LogP contribution in [0.2, 0.25) is 0 Å². The van der Waals surface area contributed by atoms with Gasteiger partial charge >= 0.3 is 0 Å². The van der Waals surface area contributed by atoms with Crippen molar-refractivity contribution in [1.29, 1.82) is 0 Å². The van der Waals surface area contributed by atoms with E-state index >= 15 is 0 Å². The van der Waals surface area contributed by atoms with Crippen molar-refractivity contribution < 1.29 is 23.0 Å². The Hall–Kier alpha value is -1.15. The summed E-state index contributed by atoms with van der Waals surface area (Å²) in [7, 11) is -2.09. The molecule has 0 aromatic heterocycles. The van der Waals surface area contributed by atoms with Gasteiger partial charge in [0.1, 0.15) is 5.75 Å². The largest absolute Gasteiger partial charge is 0.497 e. The van der Waals surface area contributed by atoms with Crippen molar-refractivity contribution in [2.24, 2.45) is 0 Å². The maximum atomic E-state index is 12.3. The third-order valence-electron chi connectivity index (χ3n) is 2.90. The van der Waals surface area contributed by atoms with Gasteiger partial charge in [-0.1, -0.05) is 0 Å². The first-order valence-electron chi connectivity index (χ1n) is 6.90. The molecule has 6 nitrogen and oxygen atoms in total. The standard InChI is InChI=1S/C14H23NO5S/c1-3-20-10-4-8-15-21(17,18)14-6-5-13(19-2)11-12(14)7-9-16/h5-6,11,15-16H,3-4,7-10H2,1-2H3. The topological polar surface area (TPSA) is 84.9 Å². The molecule has 0 fully saturated rings. The number of aliphatic hydroxyl groups is 1. The Kier molecular flexibility index (Phi) is 7.66. The third-order valence-corrected chi connectivity index (χ3v) is 4.46. The fourth-order valence-corrected chi connectivity index (χ4v) is 3.19. The lowest BCUT2D eigenvalue weighted by Gasteiger charge is -2.12. The van der Waals surface area contributed by atoms with Crippen LogP contribution in [0.15, 0.2) is 23.1 Å². The molecule has 120 valence electrons. The molecule has 0 aliphatic carbocycles. The lowest BCUT2D eigenvalue weighted by atomic mass is 10.1. The van der Waals surface area contributed by atoms with Crippen molar-refractivity contribution in [3.05, 3.63) is 23.8 Å². The summed E-state index contributed by atoms with van der Waals surface area (Å²) in [5, 5.41) is 9.07. The molecule has 1 aromatic carbocycles. The summed E-state index contributed by atoms with van der Waals surface area (Å²) in [4.78, 5) is 0.175. The third kappa shape index (κ3) is 5.62. The Morgan fingerprint density at radius 1 is 1.33 bits per heavy atom. The Balaban J connectivity index is 2.81. The first-order chi connectivity index (χ1) is 10.0. The Morgan fingerprint density at radius 3 is 2.71 bits per heavy atom. The summed E-state index contributed by atoms with van der Waals surface area (Å²) in [6.45, 7) is 3.21. The number of ether oxygens (including phenoxy) is 2. The highest BCUT2D eigenvalue weighted by atomic mass is 32.2. The van der Waals surface area contributed by atoms with Crippen LogP contribution in [0.25, 0.3) is 0 Å². The molecule has 0 bridgehead atoms. The summed E-state index contributed by atoms with van der Waals surface area (Å²) in [6, 6.07) is 4.72. The summed E-state index contributed by atoms with van der Waals surface area (Å²) >= 11 is 0. The van der Waals surface area contributed by atoms with Gasteiger partial charge in [0.2, 0.25) is 10.0 Å². The van der Waals surface area contributed by atoms with Gasteiger partial charge in [-0.15, -0.1) is 0 Å². The van der Waals surface area contributed by atoms with Gasteiger partial charge in [0, 0.05) is 26.4 Å². The van der Waals surface area contributed by atoms with Crippen LogP contribution in [-0.4, -0.2) is 47.0 Å². The summed E-state index contributed by atoms with van der Waals surface area (Å²) < 4.78 is 37.4. The molecule has 0 spiro atoms. The van der Waals surface area contributed by atoms with E-state index in [1.165, 1.54) is 13.2 Å². The van der Waals surface area contributed by atoms with Crippen molar-refractivity contribution in [2.45, 2.75) is 24.7 Å². The van der Waals surface area contributed by atoms with E-state index in [0.717, 1.165) is 0 Å². The number of hydrogen-bond donors (Lipinski definition) is 2. The van der Waals surface area contributed by atoms with Crippen molar-refractivity contribution in [2.75, 3.05) is 33.5 Å². The molecule has 0 saturated carbocycles. The van der Waals surface area contributed by atoms with Crippen molar-refractivity contribution in [1.82, 2.24) is 4.72 Å². The van der Waals surface area contributed by atoms with E-state index in [4.69, 9.17) is 14.6 Å². The zero-order chi connectivity index (χ0) is 15.7. The fourth-order valence-electron chi connectivity index (χ4n) is 1.86. The van der Waals surface area contributed by atoms with Gasteiger partial charge < -0.3 is 14.6 Å². The van der Waals surface area contributed by atoms with E-state index in [1.54, 1.807) is 12.1 Å². The minimum atomic E-state index is -3.60. The molecule has 0 aliphatic rings. The Bertz CT molecular complexity index is 530. The van der Waals surface area contributed by atoms with Gasteiger partial charge in [0.25, 0.3) is 0 Å². The number of aliphatic hydroxyl groups excluding tert-OH is 1. The van der Waals surface area contributed by atoms with E-state index in [2.05, 4.69) is 4.72 Å². The molecule has 0 radical (unpaired) electrons. The molecule has 21 heavy (non-hydrogen) atoms. The van der Waals surface area contributed by atoms with Crippen LogP contribution in [0.5, 0.6) is 5.75 Å². The van der Waals surface area contributed by atoms with Crippen LogP contribution in [0.3, 0.4) is 0 Å². The summed E-state index contributed by atoms with van der Waals surface area (Å²) in [6.07, 6.45) is 0.866. The van der Waals surface area contributed by atoms with Crippen LogP contribution in [0, 0.1) is 0 Å². The number of benzene rings is 1. The lowest BCUT2D eigenvalue weighted by molar-refractivity contribution is 0.146. The van der Waals surface area contributed by atoms with E-state index in [0.29, 0.717) is 37.5 Å². The monoisotopic (exact) mass is 317 g/mol. The number of rotatable bonds is 10. The second-order valence-corrected chi connectivity index (χ2v) is 6.13. The first-order valence-corrected chi connectivity index (χ1v) is 8.38. The number of methoxy groups -OCH3 is 1. The number of sulfonamides is 1. The molecule has 1 rings (SSSR count). The normalized spacial score (nSPS) is 11.6. The molecular weight excluding hydrogens is 294 g/mol. The maximum Gasteiger partial charge on any atom is 0.240 e. The zero-order valence-electron chi connectivity index (χ0n) is 12.5. The molecule has 0 atom stereocenters. The molecule has 0 heterocycles. The molecule has 7 heteroatoms. The average molecular weight is 317 g/mol. The minimum Gasteiger partial charge on any atom is -0.497 e. The molecular formula is C14H23NO5S. The number of nitrogens with one attached hydrogen (secondary N) is 1. The van der Waals surface area contributed by atoms with Crippen LogP contribution in [-0.2, 0) is 21.2 Å². The smallest absolute Gasteiger partial charge is 0.240 e. The van der Waals surface area contributed by atoms with Crippen molar-refractivity contribution >= 4 is 10.0 Å². The van der Waals surface area contributed by atoms with Gasteiger partial charge in [0.05, 0.1) is 12.0 Å². The summed E-state index contributed by atoms with van der Waals surface area (Å²) in [5.74, 6) is 0.564.